The smallest absolute Gasteiger partial charge is 0.410 e. The van der Waals surface area contributed by atoms with Crippen LogP contribution >= 0.6 is 0 Å². The van der Waals surface area contributed by atoms with Gasteiger partial charge in [0.05, 0.1) is 0 Å². The molecule has 0 saturated heterocycles. The fourth-order valence-corrected chi connectivity index (χ4v) is 2.39. The van der Waals surface area contributed by atoms with Crippen LogP contribution in [0.15, 0.2) is 54.6 Å². The fraction of sp³-hybridized carbons (Fsp3) is 0.263. The minimum atomic E-state index is -1.06. The van der Waals surface area contributed by atoms with Gasteiger partial charge in [-0.05, 0) is 23.6 Å². The molecule has 0 aliphatic rings. The van der Waals surface area contributed by atoms with E-state index in [2.05, 4.69) is 0 Å². The fourth-order valence-electron chi connectivity index (χ4n) is 2.39. The molecule has 0 aliphatic carbocycles. The Morgan fingerprint density at radius 2 is 1.71 bits per heavy atom. The number of likely N-dealkylation sites (N-methyl/N-ethyl adjacent to an activating group) is 1. The molecular formula is C19H21NO4. The van der Waals surface area contributed by atoms with Gasteiger partial charge in [-0.3, -0.25) is 4.90 Å². The highest BCUT2D eigenvalue weighted by Gasteiger charge is 2.28. The summed E-state index contributed by atoms with van der Waals surface area (Å²) in [5.41, 5.74) is 2.74. The second-order valence-electron chi connectivity index (χ2n) is 5.64. The third-order valence-electron chi connectivity index (χ3n) is 3.92. The first-order chi connectivity index (χ1) is 11.5. The van der Waals surface area contributed by atoms with Crippen LogP contribution in [-0.4, -0.2) is 35.2 Å². The van der Waals surface area contributed by atoms with E-state index in [4.69, 9.17) is 4.74 Å². The van der Waals surface area contributed by atoms with Crippen LogP contribution < -0.4 is 0 Å². The predicted octanol–water partition coefficient (Wildman–Crippen LogP) is 3.26. The first-order valence-electron chi connectivity index (χ1n) is 7.70. The number of rotatable bonds is 6. The van der Waals surface area contributed by atoms with Gasteiger partial charge in [0.1, 0.15) is 12.6 Å². The van der Waals surface area contributed by atoms with Gasteiger partial charge in [0, 0.05) is 13.5 Å². The van der Waals surface area contributed by atoms with Crippen LogP contribution in [0.3, 0.4) is 0 Å². The molecular weight excluding hydrogens is 306 g/mol. The minimum absolute atomic E-state index is 0.112. The van der Waals surface area contributed by atoms with E-state index in [-0.39, 0.29) is 13.0 Å². The van der Waals surface area contributed by atoms with Crippen molar-refractivity contribution in [2.45, 2.75) is 26.0 Å². The summed E-state index contributed by atoms with van der Waals surface area (Å²) in [4.78, 5) is 24.9. The molecule has 0 aliphatic heterocycles. The summed E-state index contributed by atoms with van der Waals surface area (Å²) in [6.07, 6.45) is -0.418. The van der Waals surface area contributed by atoms with Gasteiger partial charge >= 0.3 is 12.1 Å². The number of aliphatic carboxylic acids is 1. The number of hydrogen-bond acceptors (Lipinski definition) is 3. The molecule has 0 bridgehead atoms. The zero-order valence-corrected chi connectivity index (χ0v) is 13.8. The molecule has 1 atom stereocenters. The SMILES string of the molecule is Cc1ccccc1CC(C(=O)O)N(C)C(=O)OCc1ccccc1. The standard InChI is InChI=1S/C19H21NO4/c1-14-8-6-7-11-16(14)12-17(18(21)22)20(2)19(23)24-13-15-9-4-3-5-10-15/h3-11,17H,12-13H2,1-2H3,(H,21,22). The number of aryl methyl sites for hydroxylation is 1. The summed E-state index contributed by atoms with van der Waals surface area (Å²) in [5, 5.41) is 9.48. The van der Waals surface area contributed by atoms with E-state index in [0.29, 0.717) is 0 Å². The lowest BCUT2D eigenvalue weighted by Gasteiger charge is -2.24. The number of benzene rings is 2. The second kappa shape index (κ2) is 8.15. The van der Waals surface area contributed by atoms with Gasteiger partial charge < -0.3 is 9.84 Å². The normalized spacial score (nSPS) is 11.6. The van der Waals surface area contributed by atoms with Crippen LogP contribution in [0.5, 0.6) is 0 Å². The maximum Gasteiger partial charge on any atom is 0.410 e. The predicted molar refractivity (Wildman–Crippen MR) is 90.7 cm³/mol. The van der Waals surface area contributed by atoms with Crippen LogP contribution in [0.2, 0.25) is 0 Å². The topological polar surface area (TPSA) is 66.8 Å². The molecule has 0 spiro atoms. The molecule has 1 N–H and O–H groups in total. The first-order valence-corrected chi connectivity index (χ1v) is 7.70. The van der Waals surface area contributed by atoms with Crippen molar-refractivity contribution in [2.75, 3.05) is 7.05 Å². The maximum atomic E-state index is 12.2. The Morgan fingerprint density at radius 1 is 1.08 bits per heavy atom. The van der Waals surface area contributed by atoms with Crippen molar-refractivity contribution < 1.29 is 19.4 Å². The van der Waals surface area contributed by atoms with Gasteiger partial charge in [-0.25, -0.2) is 9.59 Å². The summed E-state index contributed by atoms with van der Waals surface area (Å²) in [6.45, 7) is 2.03. The number of carboxylic acids is 1. The number of hydrogen-bond donors (Lipinski definition) is 1. The van der Waals surface area contributed by atoms with Crippen molar-refractivity contribution in [3.8, 4) is 0 Å². The Labute approximate surface area is 141 Å². The van der Waals surface area contributed by atoms with E-state index in [1.807, 2.05) is 61.5 Å². The van der Waals surface area contributed by atoms with Crippen molar-refractivity contribution >= 4 is 12.1 Å². The Morgan fingerprint density at radius 3 is 2.33 bits per heavy atom. The lowest BCUT2D eigenvalue weighted by atomic mass is 10.0. The van der Waals surface area contributed by atoms with Gasteiger partial charge in [-0.15, -0.1) is 0 Å². The van der Waals surface area contributed by atoms with Gasteiger partial charge in [0.25, 0.3) is 0 Å². The Kier molecular flexibility index (Phi) is 5.95. The van der Waals surface area contributed by atoms with E-state index >= 15 is 0 Å². The number of nitrogens with zero attached hydrogens (tertiary/aromatic N) is 1. The van der Waals surface area contributed by atoms with E-state index in [1.165, 1.54) is 7.05 Å². The van der Waals surface area contributed by atoms with E-state index in [9.17, 15) is 14.7 Å². The van der Waals surface area contributed by atoms with Crippen LogP contribution in [0.25, 0.3) is 0 Å². The monoisotopic (exact) mass is 327 g/mol. The Balaban J connectivity index is 2.02. The highest BCUT2D eigenvalue weighted by Crippen LogP contribution is 2.14. The van der Waals surface area contributed by atoms with Crippen LogP contribution in [-0.2, 0) is 22.6 Å². The van der Waals surface area contributed by atoms with E-state index in [1.54, 1.807) is 0 Å². The van der Waals surface area contributed by atoms with Crippen LogP contribution in [0, 0.1) is 6.92 Å². The molecule has 2 rings (SSSR count). The Bertz CT molecular complexity index is 700. The van der Waals surface area contributed by atoms with Crippen LogP contribution in [0.4, 0.5) is 4.79 Å². The zero-order valence-electron chi connectivity index (χ0n) is 13.8. The summed E-state index contributed by atoms with van der Waals surface area (Å²) in [7, 11) is 1.45. The van der Waals surface area contributed by atoms with Crippen molar-refractivity contribution in [3.05, 3.63) is 71.3 Å². The van der Waals surface area contributed by atoms with Crippen molar-refractivity contribution in [1.29, 1.82) is 0 Å². The molecule has 5 nitrogen and oxygen atoms in total. The van der Waals surface area contributed by atoms with Crippen LogP contribution in [0.1, 0.15) is 16.7 Å². The molecule has 1 unspecified atom stereocenters. The average Bonchev–Trinajstić information content (AvgIpc) is 2.59. The lowest BCUT2D eigenvalue weighted by molar-refractivity contribution is -0.142. The maximum absolute atomic E-state index is 12.2. The molecule has 126 valence electrons. The van der Waals surface area contributed by atoms with E-state index < -0.39 is 18.1 Å². The zero-order chi connectivity index (χ0) is 17.5. The number of amides is 1. The molecule has 0 radical (unpaired) electrons. The minimum Gasteiger partial charge on any atom is -0.480 e. The average molecular weight is 327 g/mol. The molecule has 0 saturated carbocycles. The highest BCUT2D eigenvalue weighted by atomic mass is 16.6. The van der Waals surface area contributed by atoms with Gasteiger partial charge in [-0.1, -0.05) is 54.6 Å². The largest absolute Gasteiger partial charge is 0.480 e. The molecule has 0 fully saturated rings. The molecule has 5 heteroatoms. The molecule has 2 aromatic rings. The third-order valence-corrected chi connectivity index (χ3v) is 3.92. The number of carboxylic acid groups (broad SMARTS) is 1. The molecule has 24 heavy (non-hydrogen) atoms. The van der Waals surface area contributed by atoms with E-state index in [0.717, 1.165) is 21.6 Å². The molecule has 1 amide bonds. The number of carbonyl (C=O) groups is 2. The van der Waals surface area contributed by atoms with Crippen molar-refractivity contribution in [2.24, 2.45) is 0 Å². The van der Waals surface area contributed by atoms with Gasteiger partial charge in [0.15, 0.2) is 0 Å². The lowest BCUT2D eigenvalue weighted by Crippen LogP contribution is -2.44. The quantitative estimate of drug-likeness (QED) is 0.884. The van der Waals surface area contributed by atoms with Gasteiger partial charge in [0.2, 0.25) is 0 Å². The Hall–Kier alpha value is -2.82. The highest BCUT2D eigenvalue weighted by molar-refractivity contribution is 5.80. The first kappa shape index (κ1) is 17.5. The molecule has 2 aromatic carbocycles. The van der Waals surface area contributed by atoms with Crippen molar-refractivity contribution in [1.82, 2.24) is 4.90 Å². The molecule has 0 aromatic heterocycles. The summed E-state index contributed by atoms with van der Waals surface area (Å²) >= 11 is 0. The summed E-state index contributed by atoms with van der Waals surface area (Å²) in [6, 6.07) is 15.8. The molecule has 0 heterocycles. The number of ether oxygens (including phenoxy) is 1. The summed E-state index contributed by atoms with van der Waals surface area (Å²) < 4.78 is 5.21. The number of carbonyl (C=O) groups excluding carboxylic acids is 1. The van der Waals surface area contributed by atoms with Crippen molar-refractivity contribution in [3.63, 3.8) is 0 Å². The third kappa shape index (κ3) is 4.59. The van der Waals surface area contributed by atoms with Gasteiger partial charge in [-0.2, -0.15) is 0 Å². The summed E-state index contributed by atoms with van der Waals surface area (Å²) in [5.74, 6) is -1.06. The second-order valence-corrected chi connectivity index (χ2v) is 5.64.